The second kappa shape index (κ2) is 10.4. The van der Waals surface area contributed by atoms with Gasteiger partial charge in [0.2, 0.25) is 0 Å². The average molecular weight is 450 g/mol. The van der Waals surface area contributed by atoms with Crippen molar-refractivity contribution < 1.29 is 14.3 Å². The topological polar surface area (TPSA) is 70.7 Å². The number of carbonyl (C=O) groups is 2. The van der Waals surface area contributed by atoms with Crippen LogP contribution in [0.25, 0.3) is 0 Å². The Labute approximate surface area is 192 Å². The van der Waals surface area contributed by atoms with Gasteiger partial charge in [0, 0.05) is 19.6 Å². The minimum atomic E-state index is -0.704. The Kier molecular flexibility index (Phi) is 7.19. The number of nitrogens with one attached hydrogen (secondary N) is 2. The van der Waals surface area contributed by atoms with E-state index in [-0.39, 0.29) is 6.04 Å². The van der Waals surface area contributed by atoms with Crippen LogP contribution in [0, 0.1) is 0 Å². The molecule has 4 rings (SSSR count). The molecule has 0 saturated heterocycles. The van der Waals surface area contributed by atoms with E-state index in [1.807, 2.05) is 18.4 Å². The summed E-state index contributed by atoms with van der Waals surface area (Å²) in [5, 5.41) is 9.64. The third kappa shape index (κ3) is 5.18. The van der Waals surface area contributed by atoms with E-state index in [0.717, 1.165) is 25.1 Å². The number of nitrogens with zero attached hydrogens (tertiary/aromatic N) is 1. The van der Waals surface area contributed by atoms with Gasteiger partial charge < -0.3 is 15.4 Å². The molecule has 2 heterocycles. The van der Waals surface area contributed by atoms with E-state index in [2.05, 4.69) is 51.2 Å². The lowest BCUT2D eigenvalue weighted by atomic mass is 9.97. The number of anilines is 1. The van der Waals surface area contributed by atoms with Crippen molar-refractivity contribution in [1.82, 2.24) is 10.2 Å². The number of fused-ring (bicyclic) bond motifs is 1. The summed E-state index contributed by atoms with van der Waals surface area (Å²) in [7, 11) is 0. The van der Waals surface area contributed by atoms with Crippen LogP contribution in [0.15, 0.2) is 65.4 Å². The zero-order chi connectivity index (χ0) is 22.3. The van der Waals surface area contributed by atoms with Crippen molar-refractivity contribution in [2.75, 3.05) is 25.0 Å². The van der Waals surface area contributed by atoms with E-state index in [1.54, 1.807) is 29.5 Å². The molecule has 1 unspecified atom stereocenters. The monoisotopic (exact) mass is 449 g/mol. The summed E-state index contributed by atoms with van der Waals surface area (Å²) in [5.74, 6) is -0.821. The maximum atomic E-state index is 12.6. The Bertz CT molecular complexity index is 1070. The Balaban J connectivity index is 1.41. The van der Waals surface area contributed by atoms with Gasteiger partial charge in [0.05, 0.1) is 18.3 Å². The molecular weight excluding hydrogens is 422 g/mol. The van der Waals surface area contributed by atoms with Gasteiger partial charge in [-0.25, -0.2) is 0 Å². The smallest absolute Gasteiger partial charge is 0.313 e. The second-order valence-corrected chi connectivity index (χ2v) is 8.44. The van der Waals surface area contributed by atoms with Crippen molar-refractivity contribution in [1.29, 1.82) is 0 Å². The van der Waals surface area contributed by atoms with Crippen LogP contribution >= 0.6 is 11.3 Å². The molecule has 3 aromatic rings. The zero-order valence-corrected chi connectivity index (χ0v) is 18.9. The van der Waals surface area contributed by atoms with Crippen LogP contribution in [0.3, 0.4) is 0 Å². The molecule has 2 amide bonds. The molecular formula is C25H27N3O3S. The van der Waals surface area contributed by atoms with Crippen LogP contribution in [-0.4, -0.2) is 36.4 Å². The first kappa shape index (κ1) is 22.0. The molecule has 0 fully saturated rings. The first-order chi connectivity index (χ1) is 15.7. The third-order valence-corrected chi connectivity index (χ3v) is 6.33. The van der Waals surface area contributed by atoms with Crippen molar-refractivity contribution in [3.63, 3.8) is 0 Å². The molecule has 1 aliphatic rings. The minimum Gasteiger partial charge on any atom is -0.492 e. The number of hydrogen-bond donors (Lipinski definition) is 2. The molecule has 0 saturated carbocycles. The van der Waals surface area contributed by atoms with Crippen LogP contribution in [0.5, 0.6) is 5.75 Å². The maximum absolute atomic E-state index is 12.6. The van der Waals surface area contributed by atoms with Gasteiger partial charge in [-0.2, -0.15) is 11.3 Å². The lowest BCUT2D eigenvalue weighted by Crippen LogP contribution is -2.43. The van der Waals surface area contributed by atoms with Crippen LogP contribution in [0.4, 0.5) is 5.69 Å². The van der Waals surface area contributed by atoms with Crippen molar-refractivity contribution in [3.05, 3.63) is 82.0 Å². The predicted molar refractivity (Wildman–Crippen MR) is 127 cm³/mol. The molecule has 32 heavy (non-hydrogen) atoms. The largest absolute Gasteiger partial charge is 0.492 e. The normalized spacial score (nSPS) is 14.3. The van der Waals surface area contributed by atoms with E-state index in [4.69, 9.17) is 4.74 Å². The second-order valence-electron chi connectivity index (χ2n) is 7.65. The molecule has 0 aliphatic carbocycles. The summed E-state index contributed by atoms with van der Waals surface area (Å²) >= 11 is 1.63. The van der Waals surface area contributed by atoms with Gasteiger partial charge in [-0.15, -0.1) is 0 Å². The van der Waals surface area contributed by atoms with Gasteiger partial charge in [-0.1, -0.05) is 36.4 Å². The van der Waals surface area contributed by atoms with Crippen molar-refractivity contribution in [2.24, 2.45) is 0 Å². The van der Waals surface area contributed by atoms with Gasteiger partial charge in [0.1, 0.15) is 5.75 Å². The Morgan fingerprint density at radius 3 is 2.62 bits per heavy atom. The van der Waals surface area contributed by atoms with Gasteiger partial charge in [0.25, 0.3) is 0 Å². The number of benzene rings is 2. The van der Waals surface area contributed by atoms with E-state index in [1.165, 1.54) is 11.1 Å². The molecule has 1 aliphatic heterocycles. The number of rotatable bonds is 7. The van der Waals surface area contributed by atoms with Crippen LogP contribution in [0.1, 0.15) is 29.7 Å². The summed E-state index contributed by atoms with van der Waals surface area (Å²) in [6.45, 7) is 4.43. The summed E-state index contributed by atoms with van der Waals surface area (Å²) in [6.07, 6.45) is 0.972. The van der Waals surface area contributed by atoms with Gasteiger partial charge >= 0.3 is 11.8 Å². The standard InChI is InChI=1S/C25H27N3O3S/c1-2-31-23-10-6-5-9-21(23)27-25(30)24(29)26-15-22(20-12-14-32-17-20)28-13-11-18-7-3-4-8-19(18)16-28/h3-10,12,14,17,22H,2,11,13,15-16H2,1H3,(H,26,29)(H,27,30). The highest BCUT2D eigenvalue weighted by molar-refractivity contribution is 7.08. The summed E-state index contributed by atoms with van der Waals surface area (Å²) in [5.41, 5.74) is 4.33. The van der Waals surface area contributed by atoms with Crippen molar-refractivity contribution >= 4 is 28.8 Å². The molecule has 6 nitrogen and oxygen atoms in total. The fraction of sp³-hybridized carbons (Fsp3) is 0.280. The molecule has 166 valence electrons. The molecule has 2 N–H and O–H groups in total. The molecule has 0 spiro atoms. The summed E-state index contributed by atoms with van der Waals surface area (Å²) in [6, 6.07) is 17.7. The van der Waals surface area contributed by atoms with Crippen molar-refractivity contribution in [3.8, 4) is 5.75 Å². The van der Waals surface area contributed by atoms with E-state index in [9.17, 15) is 9.59 Å². The molecule has 7 heteroatoms. The average Bonchev–Trinajstić information content (AvgIpc) is 3.35. The van der Waals surface area contributed by atoms with E-state index in [0.29, 0.717) is 24.6 Å². The third-order valence-electron chi connectivity index (χ3n) is 5.63. The molecule has 0 bridgehead atoms. The quantitative estimate of drug-likeness (QED) is 0.535. The first-order valence-electron chi connectivity index (χ1n) is 10.8. The number of amides is 2. The fourth-order valence-electron chi connectivity index (χ4n) is 4.01. The fourth-order valence-corrected chi connectivity index (χ4v) is 4.71. The van der Waals surface area contributed by atoms with Crippen LogP contribution in [-0.2, 0) is 22.6 Å². The Morgan fingerprint density at radius 1 is 1.06 bits per heavy atom. The van der Waals surface area contributed by atoms with Gasteiger partial charge in [0.15, 0.2) is 0 Å². The zero-order valence-electron chi connectivity index (χ0n) is 18.0. The SMILES string of the molecule is CCOc1ccccc1NC(=O)C(=O)NCC(c1ccsc1)N1CCc2ccccc2C1. The molecule has 0 radical (unpaired) electrons. The van der Waals surface area contributed by atoms with Crippen LogP contribution in [0.2, 0.25) is 0 Å². The highest BCUT2D eigenvalue weighted by Gasteiger charge is 2.26. The van der Waals surface area contributed by atoms with Crippen molar-refractivity contribution in [2.45, 2.75) is 25.9 Å². The summed E-state index contributed by atoms with van der Waals surface area (Å²) in [4.78, 5) is 27.5. The lowest BCUT2D eigenvalue weighted by Gasteiger charge is -2.35. The number of carbonyl (C=O) groups excluding carboxylic acids is 2. The Hall–Kier alpha value is -3.16. The molecule has 2 aromatic carbocycles. The van der Waals surface area contributed by atoms with Crippen LogP contribution < -0.4 is 15.4 Å². The molecule has 1 atom stereocenters. The van der Waals surface area contributed by atoms with E-state index >= 15 is 0 Å². The minimum absolute atomic E-state index is 0.00191. The number of hydrogen-bond acceptors (Lipinski definition) is 5. The molecule has 1 aromatic heterocycles. The highest BCUT2D eigenvalue weighted by atomic mass is 32.1. The number of para-hydroxylation sites is 2. The Morgan fingerprint density at radius 2 is 1.84 bits per heavy atom. The predicted octanol–water partition coefficient (Wildman–Crippen LogP) is 4.00. The summed E-state index contributed by atoms with van der Waals surface area (Å²) < 4.78 is 5.52. The van der Waals surface area contributed by atoms with Gasteiger partial charge in [-0.3, -0.25) is 14.5 Å². The van der Waals surface area contributed by atoms with Gasteiger partial charge in [-0.05, 0) is 59.0 Å². The number of ether oxygens (including phenoxy) is 1. The highest BCUT2D eigenvalue weighted by Crippen LogP contribution is 2.29. The van der Waals surface area contributed by atoms with E-state index < -0.39 is 11.8 Å². The first-order valence-corrected chi connectivity index (χ1v) is 11.7. The number of thiophene rings is 1. The maximum Gasteiger partial charge on any atom is 0.313 e. The lowest BCUT2D eigenvalue weighted by molar-refractivity contribution is -0.136.